The molecule has 1 aliphatic heterocycles. The number of benzene rings is 1. The van der Waals surface area contributed by atoms with Crippen molar-refractivity contribution in [3.05, 3.63) is 42.0 Å². The van der Waals surface area contributed by atoms with Crippen LogP contribution in [0.5, 0.6) is 0 Å². The van der Waals surface area contributed by atoms with Crippen molar-refractivity contribution in [1.29, 1.82) is 0 Å². The van der Waals surface area contributed by atoms with Gasteiger partial charge in [0, 0.05) is 16.8 Å². The Kier molecular flexibility index (Phi) is 3.95. The van der Waals surface area contributed by atoms with E-state index < -0.39 is 12.0 Å². The summed E-state index contributed by atoms with van der Waals surface area (Å²) >= 11 is 1.56. The highest BCUT2D eigenvalue weighted by Gasteiger charge is 2.38. The molecule has 0 bridgehead atoms. The number of amides is 1. The van der Waals surface area contributed by atoms with E-state index in [9.17, 15) is 14.7 Å². The Bertz CT molecular complexity index is 506. The van der Waals surface area contributed by atoms with Gasteiger partial charge in [-0.25, -0.2) is 4.79 Å². The molecule has 1 aromatic carbocycles. The maximum Gasteiger partial charge on any atom is 0.326 e. The molecule has 0 fully saturated rings. The van der Waals surface area contributed by atoms with Crippen LogP contribution in [0.2, 0.25) is 0 Å². The van der Waals surface area contributed by atoms with E-state index in [-0.39, 0.29) is 5.91 Å². The fourth-order valence-corrected chi connectivity index (χ4v) is 2.68. The van der Waals surface area contributed by atoms with Gasteiger partial charge >= 0.3 is 5.97 Å². The Labute approximate surface area is 116 Å². The van der Waals surface area contributed by atoms with E-state index in [4.69, 9.17) is 0 Å². The molecule has 1 heterocycles. The van der Waals surface area contributed by atoms with Crippen molar-refractivity contribution >= 4 is 29.3 Å². The molecule has 0 saturated heterocycles. The Hall–Kier alpha value is -1.75. The number of carboxylic acid groups (broad SMARTS) is 1. The van der Waals surface area contributed by atoms with Gasteiger partial charge in [-0.05, 0) is 24.5 Å². The molecule has 1 unspecified atom stereocenters. The fourth-order valence-electron chi connectivity index (χ4n) is 2.23. The average molecular weight is 277 g/mol. The summed E-state index contributed by atoms with van der Waals surface area (Å²) in [7, 11) is 0. The smallest absolute Gasteiger partial charge is 0.326 e. The minimum atomic E-state index is -0.989. The maximum atomic E-state index is 12.3. The molecule has 1 amide bonds. The summed E-state index contributed by atoms with van der Waals surface area (Å²) in [6.07, 6.45) is 2.32. The quantitative estimate of drug-likeness (QED) is 0.897. The Morgan fingerprint density at radius 2 is 2.05 bits per heavy atom. The van der Waals surface area contributed by atoms with Crippen LogP contribution in [-0.2, 0) is 4.79 Å². The second-order valence-electron chi connectivity index (χ2n) is 4.30. The van der Waals surface area contributed by atoms with E-state index in [1.807, 2.05) is 12.3 Å². The number of hydrogen-bond donors (Lipinski definition) is 1. The van der Waals surface area contributed by atoms with Gasteiger partial charge in [0.05, 0.1) is 0 Å². The van der Waals surface area contributed by atoms with Gasteiger partial charge in [0.1, 0.15) is 6.04 Å². The molecule has 2 rings (SSSR count). The van der Waals surface area contributed by atoms with E-state index in [1.165, 1.54) is 4.90 Å². The first-order chi connectivity index (χ1) is 9.07. The summed E-state index contributed by atoms with van der Waals surface area (Å²) < 4.78 is 0. The predicted octanol–water partition coefficient (Wildman–Crippen LogP) is 2.32. The van der Waals surface area contributed by atoms with Crippen molar-refractivity contribution in [3.8, 4) is 0 Å². The molecule has 0 saturated carbocycles. The van der Waals surface area contributed by atoms with Gasteiger partial charge in [-0.2, -0.15) is 11.8 Å². The summed E-state index contributed by atoms with van der Waals surface area (Å²) in [6, 6.07) is 6.24. The summed E-state index contributed by atoms with van der Waals surface area (Å²) in [6.45, 7) is 3.87. The second-order valence-corrected chi connectivity index (χ2v) is 5.29. The van der Waals surface area contributed by atoms with Gasteiger partial charge in [-0.15, -0.1) is 0 Å². The van der Waals surface area contributed by atoms with Crippen LogP contribution in [0, 0.1) is 0 Å². The van der Waals surface area contributed by atoms with Gasteiger partial charge in [0.25, 0.3) is 5.91 Å². The Balaban J connectivity index is 2.33. The second kappa shape index (κ2) is 5.48. The van der Waals surface area contributed by atoms with E-state index in [0.717, 1.165) is 5.56 Å². The number of carbonyl (C=O) groups is 2. The molecule has 5 heteroatoms. The lowest BCUT2D eigenvalue weighted by Gasteiger charge is -2.25. The summed E-state index contributed by atoms with van der Waals surface area (Å²) in [4.78, 5) is 25.0. The third-order valence-electron chi connectivity index (χ3n) is 3.17. The van der Waals surface area contributed by atoms with Crippen molar-refractivity contribution in [2.45, 2.75) is 12.5 Å². The monoisotopic (exact) mass is 277 g/mol. The zero-order valence-electron chi connectivity index (χ0n) is 10.6. The fraction of sp³-hybridized carbons (Fsp3) is 0.286. The summed E-state index contributed by atoms with van der Waals surface area (Å²) in [5.74, 6) is -0.574. The first kappa shape index (κ1) is 13.7. The molecule has 0 radical (unpaired) electrons. The third-order valence-corrected chi connectivity index (χ3v) is 3.81. The zero-order chi connectivity index (χ0) is 14.0. The van der Waals surface area contributed by atoms with Crippen LogP contribution in [0.1, 0.15) is 22.3 Å². The Morgan fingerprint density at radius 3 is 2.58 bits per heavy atom. The molecule has 1 atom stereocenters. The number of hydrogen-bond acceptors (Lipinski definition) is 3. The molecule has 1 N–H and O–H groups in total. The van der Waals surface area contributed by atoms with Crippen LogP contribution in [-0.4, -0.2) is 39.9 Å². The van der Waals surface area contributed by atoms with Crippen LogP contribution >= 0.6 is 11.8 Å². The van der Waals surface area contributed by atoms with E-state index in [2.05, 4.69) is 6.58 Å². The number of carbonyl (C=O) groups excluding carboxylic acids is 1. The molecule has 1 aromatic rings. The molecular formula is C14H15NO3S. The molecule has 0 aromatic heterocycles. The van der Waals surface area contributed by atoms with Crippen molar-refractivity contribution in [3.63, 3.8) is 0 Å². The molecule has 19 heavy (non-hydrogen) atoms. The van der Waals surface area contributed by atoms with E-state index in [1.54, 1.807) is 30.0 Å². The molecule has 0 aliphatic carbocycles. The van der Waals surface area contributed by atoms with Crippen molar-refractivity contribution in [2.75, 3.05) is 12.0 Å². The highest BCUT2D eigenvalue weighted by molar-refractivity contribution is 7.98. The van der Waals surface area contributed by atoms with Crippen molar-refractivity contribution in [1.82, 2.24) is 4.90 Å². The zero-order valence-corrected chi connectivity index (χ0v) is 11.4. The Morgan fingerprint density at radius 1 is 1.42 bits per heavy atom. The predicted molar refractivity (Wildman–Crippen MR) is 76.1 cm³/mol. The first-order valence-electron chi connectivity index (χ1n) is 5.91. The van der Waals surface area contributed by atoms with E-state index in [0.29, 0.717) is 23.4 Å². The minimum Gasteiger partial charge on any atom is -0.480 e. The third kappa shape index (κ3) is 2.38. The summed E-state index contributed by atoms with van der Waals surface area (Å²) in [5.41, 5.74) is 1.74. The van der Waals surface area contributed by atoms with Gasteiger partial charge in [-0.1, -0.05) is 24.8 Å². The molecule has 1 aliphatic rings. The number of rotatable bonds is 5. The van der Waals surface area contributed by atoms with Crippen LogP contribution in [0.4, 0.5) is 0 Å². The topological polar surface area (TPSA) is 57.6 Å². The van der Waals surface area contributed by atoms with Crippen LogP contribution in [0.25, 0.3) is 5.70 Å². The van der Waals surface area contributed by atoms with Gasteiger partial charge in [0.2, 0.25) is 0 Å². The summed E-state index contributed by atoms with van der Waals surface area (Å²) in [5, 5.41) is 9.33. The van der Waals surface area contributed by atoms with Gasteiger partial charge in [0.15, 0.2) is 0 Å². The highest BCUT2D eigenvalue weighted by atomic mass is 32.2. The minimum absolute atomic E-state index is 0.269. The highest BCUT2D eigenvalue weighted by Crippen LogP contribution is 2.33. The number of fused-ring (bicyclic) bond motifs is 1. The van der Waals surface area contributed by atoms with Crippen molar-refractivity contribution in [2.24, 2.45) is 0 Å². The van der Waals surface area contributed by atoms with Crippen molar-refractivity contribution < 1.29 is 14.7 Å². The number of thioether (sulfide) groups is 1. The number of carboxylic acids is 1. The van der Waals surface area contributed by atoms with Gasteiger partial charge < -0.3 is 5.11 Å². The first-order valence-corrected chi connectivity index (χ1v) is 7.31. The normalized spacial score (nSPS) is 15.5. The van der Waals surface area contributed by atoms with Gasteiger partial charge in [-0.3, -0.25) is 9.69 Å². The standard InChI is InChI=1S/C14H15NO3S/c1-9-10-5-3-4-6-11(10)13(16)15(9)12(14(17)18)7-8-19-2/h3-6,12H,1,7-8H2,2H3,(H,17,18). The SMILES string of the molecule is C=C1c2ccccc2C(=O)N1C(CCSC)C(=O)O. The van der Waals surface area contributed by atoms with Crippen LogP contribution in [0.15, 0.2) is 30.8 Å². The maximum absolute atomic E-state index is 12.3. The van der Waals surface area contributed by atoms with Crippen LogP contribution < -0.4 is 0 Å². The lowest BCUT2D eigenvalue weighted by atomic mass is 10.1. The van der Waals surface area contributed by atoms with E-state index >= 15 is 0 Å². The number of nitrogens with zero attached hydrogens (tertiary/aromatic N) is 1. The average Bonchev–Trinajstić information content (AvgIpc) is 2.64. The molecule has 0 spiro atoms. The largest absolute Gasteiger partial charge is 0.480 e. The molecular weight excluding hydrogens is 262 g/mol. The molecule has 100 valence electrons. The lowest BCUT2D eigenvalue weighted by Crippen LogP contribution is -2.41. The number of aliphatic carboxylic acids is 1. The van der Waals surface area contributed by atoms with Crippen LogP contribution in [0.3, 0.4) is 0 Å². The molecule has 4 nitrogen and oxygen atoms in total. The lowest BCUT2D eigenvalue weighted by molar-refractivity contribution is -0.141.